The Morgan fingerprint density at radius 3 is 2.78 bits per heavy atom. The number of rotatable bonds is 7. The fraction of sp³-hybridized carbons (Fsp3) is 0.667. The van der Waals surface area contributed by atoms with E-state index in [1.54, 1.807) is 11.8 Å². The van der Waals surface area contributed by atoms with E-state index in [9.17, 15) is 16.8 Å². The molecule has 2 rings (SSSR count). The molecule has 1 atom stereocenters. The highest BCUT2D eigenvalue weighted by Crippen LogP contribution is 2.39. The van der Waals surface area contributed by atoms with Crippen molar-refractivity contribution < 1.29 is 16.8 Å². The average molecular weight is 400 g/mol. The van der Waals surface area contributed by atoms with E-state index in [0.29, 0.717) is 25.2 Å². The molecule has 2 heterocycles. The molecule has 0 bridgehead atoms. The Kier molecular flexibility index (Phi) is 6.15. The van der Waals surface area contributed by atoms with Crippen molar-refractivity contribution in [2.75, 3.05) is 31.6 Å². The molecule has 1 aromatic heterocycles. The number of likely N-dealkylation sites (N-methyl/N-ethyl adjacent to an activating group) is 1. The van der Waals surface area contributed by atoms with E-state index >= 15 is 0 Å². The van der Waals surface area contributed by atoms with Gasteiger partial charge in [0.15, 0.2) is 0 Å². The Hall–Kier alpha value is -0.170. The highest BCUT2D eigenvalue weighted by atomic mass is 32.3. The molecule has 11 heteroatoms. The molecule has 1 aliphatic rings. The molecule has 0 fully saturated rings. The van der Waals surface area contributed by atoms with Crippen molar-refractivity contribution in [1.82, 2.24) is 9.62 Å². The molecule has 132 valence electrons. The number of primary sulfonamides is 1. The Bertz CT molecular complexity index is 757. The van der Waals surface area contributed by atoms with E-state index in [4.69, 9.17) is 5.14 Å². The summed E-state index contributed by atoms with van der Waals surface area (Å²) >= 11 is 2.40. The highest BCUT2D eigenvalue weighted by molar-refractivity contribution is 7.98. The number of hydrogen-bond acceptors (Lipinski definition) is 7. The molecule has 23 heavy (non-hydrogen) atoms. The number of fused-ring (bicyclic) bond motifs is 1. The Labute approximate surface area is 145 Å². The van der Waals surface area contributed by atoms with Gasteiger partial charge in [0.05, 0.1) is 0 Å². The number of thioether (sulfide) groups is 1. The third kappa shape index (κ3) is 4.09. The fourth-order valence-corrected chi connectivity index (χ4v) is 7.21. The second-order valence-corrected chi connectivity index (χ2v) is 11.1. The second-order valence-electron chi connectivity index (χ2n) is 5.17. The van der Waals surface area contributed by atoms with Crippen LogP contribution in [-0.2, 0) is 20.0 Å². The smallest absolute Gasteiger partial charge is 0.252 e. The first kappa shape index (κ1) is 19.2. The molecule has 0 unspecified atom stereocenters. The van der Waals surface area contributed by atoms with Crippen LogP contribution in [0, 0.1) is 0 Å². The van der Waals surface area contributed by atoms with Crippen LogP contribution in [0.4, 0.5) is 0 Å². The van der Waals surface area contributed by atoms with Crippen molar-refractivity contribution in [3.05, 3.63) is 11.6 Å². The van der Waals surface area contributed by atoms with Gasteiger partial charge in [-0.3, -0.25) is 0 Å². The van der Waals surface area contributed by atoms with Gasteiger partial charge in [0.2, 0.25) is 10.0 Å². The lowest BCUT2D eigenvalue weighted by molar-refractivity contribution is 0.345. The van der Waals surface area contributed by atoms with E-state index in [-0.39, 0.29) is 14.5 Å². The molecule has 1 aliphatic heterocycles. The van der Waals surface area contributed by atoms with E-state index in [0.717, 1.165) is 23.5 Å². The molecule has 0 saturated heterocycles. The minimum absolute atomic E-state index is 0.0860. The maximum Gasteiger partial charge on any atom is 0.252 e. The van der Waals surface area contributed by atoms with E-state index in [1.165, 1.54) is 10.4 Å². The molecule has 1 aromatic rings. The number of hydrogen-bond donors (Lipinski definition) is 2. The number of thiophene rings is 1. The number of nitrogens with zero attached hydrogens (tertiary/aromatic N) is 1. The van der Waals surface area contributed by atoms with Crippen LogP contribution in [-0.4, -0.2) is 52.8 Å². The lowest BCUT2D eigenvalue weighted by atomic mass is 10.1. The van der Waals surface area contributed by atoms with Crippen LogP contribution >= 0.6 is 23.1 Å². The van der Waals surface area contributed by atoms with Gasteiger partial charge >= 0.3 is 0 Å². The third-order valence-electron chi connectivity index (χ3n) is 3.53. The van der Waals surface area contributed by atoms with Crippen molar-refractivity contribution in [3.63, 3.8) is 0 Å². The lowest BCUT2D eigenvalue weighted by Crippen LogP contribution is -2.43. The van der Waals surface area contributed by atoms with Gasteiger partial charge in [0.25, 0.3) is 10.0 Å². The summed E-state index contributed by atoms with van der Waals surface area (Å²) in [7, 11) is -7.59. The van der Waals surface area contributed by atoms with Gasteiger partial charge < -0.3 is 5.32 Å². The minimum atomic E-state index is -3.92. The zero-order valence-corrected chi connectivity index (χ0v) is 16.2. The summed E-state index contributed by atoms with van der Waals surface area (Å²) < 4.78 is 50.1. The van der Waals surface area contributed by atoms with Gasteiger partial charge in [0.1, 0.15) is 8.42 Å². The maximum atomic E-state index is 12.8. The summed E-state index contributed by atoms with van der Waals surface area (Å²) in [6.45, 7) is 3.31. The summed E-state index contributed by atoms with van der Waals surface area (Å²) in [5.41, 5.74) is 0.502. The normalized spacial score (nSPS) is 21.3. The number of nitrogens with two attached hydrogens (primary N) is 1. The topological polar surface area (TPSA) is 110 Å². The van der Waals surface area contributed by atoms with Crippen molar-refractivity contribution in [2.24, 2.45) is 5.14 Å². The van der Waals surface area contributed by atoms with Gasteiger partial charge in [-0.2, -0.15) is 16.1 Å². The Morgan fingerprint density at radius 1 is 1.52 bits per heavy atom. The van der Waals surface area contributed by atoms with Crippen LogP contribution in [0.5, 0.6) is 0 Å². The first-order valence-corrected chi connectivity index (χ1v) is 12.3. The summed E-state index contributed by atoms with van der Waals surface area (Å²) in [5.74, 6) is 0.873. The summed E-state index contributed by atoms with van der Waals surface area (Å²) in [4.78, 5) is 0. The van der Waals surface area contributed by atoms with Crippen molar-refractivity contribution in [1.29, 1.82) is 0 Å². The van der Waals surface area contributed by atoms with E-state index in [2.05, 4.69) is 5.32 Å². The zero-order valence-electron chi connectivity index (χ0n) is 13.0. The summed E-state index contributed by atoms with van der Waals surface area (Å²) in [6.07, 6.45) is 2.73. The quantitative estimate of drug-likeness (QED) is 0.657. The predicted octanol–water partition coefficient (Wildman–Crippen LogP) is 0.804. The monoisotopic (exact) mass is 399 g/mol. The first-order chi connectivity index (χ1) is 10.7. The average Bonchev–Trinajstić information content (AvgIpc) is 2.90. The SMILES string of the molecule is CCN[C@H]1CN(CCCSC)S(=O)(=O)c2sc(S(N)(=O)=O)cc21. The van der Waals surface area contributed by atoms with Crippen LogP contribution in [0.2, 0.25) is 0 Å². The van der Waals surface area contributed by atoms with E-state index in [1.807, 2.05) is 13.2 Å². The molecular formula is C12H21N3O4S4. The van der Waals surface area contributed by atoms with Crippen LogP contribution in [0.25, 0.3) is 0 Å². The molecule has 0 spiro atoms. The molecule has 0 saturated carbocycles. The summed E-state index contributed by atoms with van der Waals surface area (Å²) in [6, 6.07) is 1.17. The van der Waals surface area contributed by atoms with E-state index < -0.39 is 20.0 Å². The van der Waals surface area contributed by atoms with Crippen molar-refractivity contribution in [3.8, 4) is 0 Å². The Morgan fingerprint density at radius 2 is 2.22 bits per heavy atom. The van der Waals surface area contributed by atoms with Gasteiger partial charge in [-0.15, -0.1) is 11.3 Å². The molecule has 0 aromatic carbocycles. The van der Waals surface area contributed by atoms with Crippen LogP contribution in [0.15, 0.2) is 14.5 Å². The highest BCUT2D eigenvalue weighted by Gasteiger charge is 2.39. The lowest BCUT2D eigenvalue weighted by Gasteiger charge is -2.32. The number of nitrogens with one attached hydrogen (secondary N) is 1. The van der Waals surface area contributed by atoms with Gasteiger partial charge in [-0.25, -0.2) is 22.0 Å². The molecule has 7 nitrogen and oxygen atoms in total. The second kappa shape index (κ2) is 7.38. The molecular weight excluding hydrogens is 378 g/mol. The standard InChI is InChI=1S/C12H21N3O4S4/c1-3-14-10-8-15(5-4-6-20-2)23(18,19)12-9(10)7-11(21-12)22(13,16)17/h7,10,14H,3-6,8H2,1-2H3,(H2,13,16,17)/t10-/m0/s1. The number of sulfonamides is 2. The van der Waals surface area contributed by atoms with Crippen molar-refractivity contribution >= 4 is 43.1 Å². The predicted molar refractivity (Wildman–Crippen MR) is 93.9 cm³/mol. The molecule has 3 N–H and O–H groups in total. The summed E-state index contributed by atoms with van der Waals surface area (Å²) in [5, 5.41) is 8.38. The Balaban J connectivity index is 2.44. The minimum Gasteiger partial charge on any atom is -0.309 e. The largest absolute Gasteiger partial charge is 0.309 e. The maximum absolute atomic E-state index is 12.8. The van der Waals surface area contributed by atoms with Crippen LogP contribution < -0.4 is 10.5 Å². The molecule has 0 amide bonds. The zero-order chi connectivity index (χ0) is 17.3. The van der Waals surface area contributed by atoms with Crippen LogP contribution in [0.1, 0.15) is 24.9 Å². The van der Waals surface area contributed by atoms with Gasteiger partial charge in [0, 0.05) is 24.7 Å². The van der Waals surface area contributed by atoms with Crippen molar-refractivity contribution in [2.45, 2.75) is 27.8 Å². The van der Waals surface area contributed by atoms with Gasteiger partial charge in [-0.1, -0.05) is 6.92 Å². The van der Waals surface area contributed by atoms with Crippen LogP contribution in [0.3, 0.4) is 0 Å². The molecule has 0 radical (unpaired) electrons. The third-order valence-corrected chi connectivity index (χ3v) is 9.19. The first-order valence-electron chi connectivity index (χ1n) is 7.10. The molecule has 0 aliphatic carbocycles. The van der Waals surface area contributed by atoms with Gasteiger partial charge in [-0.05, 0) is 31.0 Å². The fourth-order valence-electron chi connectivity index (χ4n) is 2.49.